The summed E-state index contributed by atoms with van der Waals surface area (Å²) in [7, 11) is 0. The Morgan fingerprint density at radius 1 is 1.44 bits per heavy atom. The standard InChI is InChI=1S/C13H21NO2/c1-2-12(13-4-3-7-16-13)14-10-11-5-8-15-9-6-11/h3-4,7,11-12,14H,2,5-6,8-10H2,1H3. The largest absolute Gasteiger partial charge is 0.468 e. The van der Waals surface area contributed by atoms with Crippen molar-refractivity contribution in [3.8, 4) is 0 Å². The maximum absolute atomic E-state index is 5.44. The second-order valence-corrected chi connectivity index (χ2v) is 4.44. The zero-order valence-electron chi connectivity index (χ0n) is 9.95. The molecule has 0 aromatic carbocycles. The number of hydrogen-bond donors (Lipinski definition) is 1. The third kappa shape index (κ3) is 3.09. The van der Waals surface area contributed by atoms with E-state index in [2.05, 4.69) is 12.2 Å². The van der Waals surface area contributed by atoms with E-state index in [4.69, 9.17) is 9.15 Å². The number of ether oxygens (including phenoxy) is 1. The van der Waals surface area contributed by atoms with Gasteiger partial charge in [-0.2, -0.15) is 0 Å². The SMILES string of the molecule is CCC(NCC1CCOCC1)c1ccco1. The molecule has 1 fully saturated rings. The van der Waals surface area contributed by atoms with Crippen molar-refractivity contribution in [2.24, 2.45) is 5.92 Å². The van der Waals surface area contributed by atoms with Crippen LogP contribution in [0, 0.1) is 5.92 Å². The van der Waals surface area contributed by atoms with E-state index in [-0.39, 0.29) is 0 Å². The van der Waals surface area contributed by atoms with Crippen molar-refractivity contribution in [1.29, 1.82) is 0 Å². The molecule has 2 rings (SSSR count). The summed E-state index contributed by atoms with van der Waals surface area (Å²) in [5.74, 6) is 1.81. The van der Waals surface area contributed by atoms with Crippen molar-refractivity contribution < 1.29 is 9.15 Å². The maximum Gasteiger partial charge on any atom is 0.120 e. The Morgan fingerprint density at radius 3 is 2.88 bits per heavy atom. The first kappa shape index (κ1) is 11.7. The second-order valence-electron chi connectivity index (χ2n) is 4.44. The molecule has 0 radical (unpaired) electrons. The fourth-order valence-corrected chi connectivity index (χ4v) is 2.20. The van der Waals surface area contributed by atoms with Crippen molar-refractivity contribution in [2.75, 3.05) is 19.8 Å². The van der Waals surface area contributed by atoms with Crippen LogP contribution in [-0.2, 0) is 4.74 Å². The molecule has 2 heterocycles. The van der Waals surface area contributed by atoms with Gasteiger partial charge in [-0.3, -0.25) is 0 Å². The summed E-state index contributed by atoms with van der Waals surface area (Å²) in [5.41, 5.74) is 0. The molecule has 1 aliphatic rings. The van der Waals surface area contributed by atoms with Gasteiger partial charge in [0.2, 0.25) is 0 Å². The molecular weight excluding hydrogens is 202 g/mol. The van der Waals surface area contributed by atoms with Crippen LogP contribution in [0.25, 0.3) is 0 Å². The topological polar surface area (TPSA) is 34.4 Å². The van der Waals surface area contributed by atoms with Gasteiger partial charge in [0, 0.05) is 13.2 Å². The fraction of sp³-hybridized carbons (Fsp3) is 0.692. The van der Waals surface area contributed by atoms with Gasteiger partial charge < -0.3 is 14.5 Å². The Hall–Kier alpha value is -0.800. The summed E-state index contributed by atoms with van der Waals surface area (Å²) in [6, 6.07) is 4.36. The lowest BCUT2D eigenvalue weighted by molar-refractivity contribution is 0.0651. The van der Waals surface area contributed by atoms with Gasteiger partial charge in [0.05, 0.1) is 12.3 Å². The summed E-state index contributed by atoms with van der Waals surface area (Å²) in [6.45, 7) is 5.10. The Kier molecular flexibility index (Phi) is 4.43. The van der Waals surface area contributed by atoms with E-state index in [9.17, 15) is 0 Å². The Balaban J connectivity index is 1.78. The molecule has 0 bridgehead atoms. The van der Waals surface area contributed by atoms with Crippen molar-refractivity contribution in [3.05, 3.63) is 24.2 Å². The molecule has 0 saturated carbocycles. The van der Waals surface area contributed by atoms with Crippen molar-refractivity contribution in [1.82, 2.24) is 5.32 Å². The third-order valence-corrected chi connectivity index (χ3v) is 3.29. The zero-order valence-corrected chi connectivity index (χ0v) is 9.95. The molecule has 1 saturated heterocycles. The molecular formula is C13H21NO2. The summed E-state index contributed by atoms with van der Waals surface area (Å²) in [4.78, 5) is 0. The van der Waals surface area contributed by atoms with E-state index >= 15 is 0 Å². The van der Waals surface area contributed by atoms with Gasteiger partial charge in [-0.1, -0.05) is 6.92 Å². The van der Waals surface area contributed by atoms with Gasteiger partial charge >= 0.3 is 0 Å². The van der Waals surface area contributed by atoms with Crippen LogP contribution in [0.1, 0.15) is 38.0 Å². The first-order valence-corrected chi connectivity index (χ1v) is 6.24. The minimum atomic E-state index is 0.359. The van der Waals surface area contributed by atoms with Crippen LogP contribution < -0.4 is 5.32 Å². The highest BCUT2D eigenvalue weighted by molar-refractivity contribution is 5.03. The lowest BCUT2D eigenvalue weighted by Gasteiger charge is -2.24. The molecule has 1 unspecified atom stereocenters. The molecule has 1 aliphatic heterocycles. The van der Waals surface area contributed by atoms with Crippen molar-refractivity contribution in [2.45, 2.75) is 32.2 Å². The van der Waals surface area contributed by atoms with Crippen LogP contribution in [0.3, 0.4) is 0 Å². The monoisotopic (exact) mass is 223 g/mol. The van der Waals surface area contributed by atoms with Gasteiger partial charge in [-0.15, -0.1) is 0 Å². The van der Waals surface area contributed by atoms with Gasteiger partial charge in [0.25, 0.3) is 0 Å². The minimum absolute atomic E-state index is 0.359. The number of nitrogens with one attached hydrogen (secondary N) is 1. The summed E-state index contributed by atoms with van der Waals surface area (Å²) in [5, 5.41) is 3.59. The Bertz CT molecular complexity index is 278. The first-order valence-electron chi connectivity index (χ1n) is 6.24. The van der Waals surface area contributed by atoms with Crippen molar-refractivity contribution in [3.63, 3.8) is 0 Å². The van der Waals surface area contributed by atoms with E-state index in [1.165, 1.54) is 12.8 Å². The van der Waals surface area contributed by atoms with Gasteiger partial charge in [0.15, 0.2) is 0 Å². The molecule has 0 spiro atoms. The van der Waals surface area contributed by atoms with Crippen LogP contribution >= 0.6 is 0 Å². The number of furan rings is 1. The average Bonchev–Trinajstić information content (AvgIpc) is 2.85. The average molecular weight is 223 g/mol. The molecule has 3 nitrogen and oxygen atoms in total. The van der Waals surface area contributed by atoms with E-state index in [1.54, 1.807) is 6.26 Å². The summed E-state index contributed by atoms with van der Waals surface area (Å²) >= 11 is 0. The Morgan fingerprint density at radius 2 is 2.25 bits per heavy atom. The van der Waals surface area contributed by atoms with Crippen LogP contribution in [-0.4, -0.2) is 19.8 Å². The van der Waals surface area contributed by atoms with Crippen LogP contribution in [0.4, 0.5) is 0 Å². The van der Waals surface area contributed by atoms with Crippen LogP contribution in [0.15, 0.2) is 22.8 Å². The van der Waals surface area contributed by atoms with E-state index in [0.29, 0.717) is 6.04 Å². The van der Waals surface area contributed by atoms with E-state index < -0.39 is 0 Å². The lowest BCUT2D eigenvalue weighted by atomic mass is 9.99. The number of rotatable bonds is 5. The highest BCUT2D eigenvalue weighted by Crippen LogP contribution is 2.19. The normalized spacial score (nSPS) is 19.8. The molecule has 3 heteroatoms. The quantitative estimate of drug-likeness (QED) is 0.833. The molecule has 0 amide bonds. The van der Waals surface area contributed by atoms with Gasteiger partial charge in [0.1, 0.15) is 5.76 Å². The van der Waals surface area contributed by atoms with E-state index in [1.807, 2.05) is 12.1 Å². The molecule has 0 aliphatic carbocycles. The third-order valence-electron chi connectivity index (χ3n) is 3.29. The van der Waals surface area contributed by atoms with Crippen LogP contribution in [0.5, 0.6) is 0 Å². The highest BCUT2D eigenvalue weighted by atomic mass is 16.5. The number of hydrogen-bond acceptors (Lipinski definition) is 3. The zero-order chi connectivity index (χ0) is 11.2. The molecule has 1 aromatic rings. The molecule has 90 valence electrons. The van der Waals surface area contributed by atoms with E-state index in [0.717, 1.165) is 37.9 Å². The maximum atomic E-state index is 5.44. The van der Waals surface area contributed by atoms with Crippen LogP contribution in [0.2, 0.25) is 0 Å². The first-order chi connectivity index (χ1) is 7.90. The summed E-state index contributed by atoms with van der Waals surface area (Å²) in [6.07, 6.45) is 5.17. The molecule has 1 atom stereocenters. The predicted molar refractivity (Wildman–Crippen MR) is 63.3 cm³/mol. The minimum Gasteiger partial charge on any atom is -0.468 e. The lowest BCUT2D eigenvalue weighted by Crippen LogP contribution is -2.30. The summed E-state index contributed by atoms with van der Waals surface area (Å²) < 4.78 is 10.8. The van der Waals surface area contributed by atoms with Gasteiger partial charge in [-0.25, -0.2) is 0 Å². The van der Waals surface area contributed by atoms with Gasteiger partial charge in [-0.05, 0) is 43.9 Å². The van der Waals surface area contributed by atoms with Crippen molar-refractivity contribution >= 4 is 0 Å². The highest BCUT2D eigenvalue weighted by Gasteiger charge is 2.17. The molecule has 1 N–H and O–H groups in total. The fourth-order valence-electron chi connectivity index (χ4n) is 2.20. The second kappa shape index (κ2) is 6.06. The predicted octanol–water partition coefficient (Wildman–Crippen LogP) is 2.75. The Labute approximate surface area is 97.2 Å². The smallest absolute Gasteiger partial charge is 0.120 e. The molecule has 16 heavy (non-hydrogen) atoms. The molecule has 1 aromatic heterocycles.